The quantitative estimate of drug-likeness (QED) is 0.710. The summed E-state index contributed by atoms with van der Waals surface area (Å²) < 4.78 is 9.60. The maximum atomic E-state index is 12.8. The molecular weight excluding hydrogens is 326 g/mol. The first-order chi connectivity index (χ1) is 12.0. The van der Waals surface area contributed by atoms with Gasteiger partial charge in [0.05, 0.1) is 25.1 Å². The predicted octanol–water partition coefficient (Wildman–Crippen LogP) is -0.786. The van der Waals surface area contributed by atoms with E-state index in [1.807, 2.05) is 0 Å². The van der Waals surface area contributed by atoms with Crippen molar-refractivity contribution in [2.75, 3.05) is 13.2 Å². The lowest BCUT2D eigenvalue weighted by Gasteiger charge is -2.37. The number of ether oxygens (including phenoxy) is 1. The molecule has 1 saturated carbocycles. The minimum atomic E-state index is -0.527. The highest BCUT2D eigenvalue weighted by Gasteiger charge is 2.38. The zero-order valence-corrected chi connectivity index (χ0v) is 14.3. The summed E-state index contributed by atoms with van der Waals surface area (Å²) in [5, 5.41) is 0. The van der Waals surface area contributed by atoms with Crippen LogP contribution in [0.5, 0.6) is 0 Å². The minimum Gasteiger partial charge on any atom is -0.374 e. The number of morpholine rings is 1. The lowest BCUT2D eigenvalue weighted by molar-refractivity contribution is -0.144. The summed E-state index contributed by atoms with van der Waals surface area (Å²) >= 11 is 0. The number of hydrogen-bond acceptors (Lipinski definition) is 5. The highest BCUT2D eigenvalue weighted by atomic mass is 16.5. The summed E-state index contributed by atoms with van der Waals surface area (Å²) in [5.41, 5.74) is -0.373. The number of aryl methyl sites for hydroxylation is 2. The van der Waals surface area contributed by atoms with Crippen molar-refractivity contribution in [1.29, 1.82) is 0 Å². The third-order valence-corrected chi connectivity index (χ3v) is 5.30. The van der Waals surface area contributed by atoms with Gasteiger partial charge in [0.25, 0.3) is 5.56 Å². The van der Waals surface area contributed by atoms with Crippen LogP contribution in [-0.4, -0.2) is 54.8 Å². The molecule has 25 heavy (non-hydrogen) atoms. The van der Waals surface area contributed by atoms with Gasteiger partial charge in [0.1, 0.15) is 6.54 Å². The number of carbonyl (C=O) groups is 1. The number of carbonyl (C=O) groups excluding carboxylic acids is 1. The summed E-state index contributed by atoms with van der Waals surface area (Å²) in [5.74, 6) is -0.207. The van der Waals surface area contributed by atoms with Crippen LogP contribution < -0.4 is 11.2 Å². The van der Waals surface area contributed by atoms with Gasteiger partial charge in [-0.05, 0) is 19.3 Å². The fourth-order valence-electron chi connectivity index (χ4n) is 4.00. The molecule has 2 fully saturated rings. The lowest BCUT2D eigenvalue weighted by atomic mass is 10.1. The van der Waals surface area contributed by atoms with Gasteiger partial charge >= 0.3 is 5.69 Å². The molecule has 0 N–H and O–H groups in total. The number of amides is 1. The zero-order valence-electron chi connectivity index (χ0n) is 14.3. The fraction of sp³-hybridized carbons (Fsp3) is 0.625. The first-order valence-electron chi connectivity index (χ1n) is 8.51. The Hall–Kier alpha value is -2.42. The average molecular weight is 347 g/mol. The summed E-state index contributed by atoms with van der Waals surface area (Å²) in [6.45, 7) is 0.749. The van der Waals surface area contributed by atoms with Crippen LogP contribution in [-0.2, 0) is 30.2 Å². The van der Waals surface area contributed by atoms with Crippen LogP contribution in [0.15, 0.2) is 15.9 Å². The largest absolute Gasteiger partial charge is 0.374 e. The molecule has 134 valence electrons. The summed E-state index contributed by atoms with van der Waals surface area (Å²) in [4.78, 5) is 44.0. The summed E-state index contributed by atoms with van der Waals surface area (Å²) in [6.07, 6.45) is 4.46. The highest BCUT2D eigenvalue weighted by Crippen LogP contribution is 2.29. The summed E-state index contributed by atoms with van der Waals surface area (Å²) in [7, 11) is 3.25. The van der Waals surface area contributed by atoms with Crippen molar-refractivity contribution in [2.24, 2.45) is 14.1 Å². The number of imidazole rings is 1. The van der Waals surface area contributed by atoms with Crippen molar-refractivity contribution in [1.82, 2.24) is 23.6 Å². The molecule has 1 amide bonds. The van der Waals surface area contributed by atoms with E-state index in [1.54, 1.807) is 23.6 Å². The fourth-order valence-corrected chi connectivity index (χ4v) is 4.00. The molecule has 2 aromatic rings. The van der Waals surface area contributed by atoms with Crippen molar-refractivity contribution < 1.29 is 9.53 Å². The van der Waals surface area contributed by atoms with Crippen LogP contribution in [0.25, 0.3) is 11.2 Å². The Bertz CT molecular complexity index is 956. The SMILES string of the molecule is Cn1cnc2c1c(=O)n(CC(=O)N1CCO[C@H]3CCC[C@H]31)c(=O)n2C. The van der Waals surface area contributed by atoms with Crippen LogP contribution in [0.4, 0.5) is 0 Å². The van der Waals surface area contributed by atoms with Gasteiger partial charge in [-0.2, -0.15) is 0 Å². The van der Waals surface area contributed by atoms with Gasteiger partial charge in [-0.1, -0.05) is 0 Å². The number of nitrogens with zero attached hydrogens (tertiary/aromatic N) is 5. The molecule has 1 saturated heterocycles. The molecular formula is C16H21N5O4. The van der Waals surface area contributed by atoms with E-state index < -0.39 is 11.2 Å². The molecule has 2 atom stereocenters. The van der Waals surface area contributed by atoms with Gasteiger partial charge in [0, 0.05) is 20.6 Å². The predicted molar refractivity (Wildman–Crippen MR) is 89.3 cm³/mol. The molecule has 0 radical (unpaired) electrons. The van der Waals surface area contributed by atoms with Crippen molar-refractivity contribution in [3.8, 4) is 0 Å². The number of fused-ring (bicyclic) bond motifs is 2. The van der Waals surface area contributed by atoms with Gasteiger partial charge in [0.2, 0.25) is 5.91 Å². The van der Waals surface area contributed by atoms with Gasteiger partial charge in [-0.15, -0.1) is 0 Å². The van der Waals surface area contributed by atoms with E-state index in [0.717, 1.165) is 23.8 Å². The molecule has 0 bridgehead atoms. The zero-order chi connectivity index (χ0) is 17.7. The van der Waals surface area contributed by atoms with Crippen LogP contribution in [0.3, 0.4) is 0 Å². The molecule has 4 rings (SSSR count). The van der Waals surface area contributed by atoms with E-state index in [2.05, 4.69) is 4.98 Å². The second kappa shape index (κ2) is 5.83. The minimum absolute atomic E-state index is 0.0567. The third-order valence-electron chi connectivity index (χ3n) is 5.30. The van der Waals surface area contributed by atoms with E-state index in [0.29, 0.717) is 24.3 Å². The first-order valence-corrected chi connectivity index (χ1v) is 8.51. The van der Waals surface area contributed by atoms with Gasteiger partial charge in [-0.25, -0.2) is 14.3 Å². The van der Waals surface area contributed by atoms with Crippen LogP contribution in [0, 0.1) is 0 Å². The standard InChI is InChI=1S/C16H21N5O4/c1-18-9-17-14-13(18)15(23)21(16(24)19(14)2)8-12(22)20-6-7-25-11-5-3-4-10(11)20/h9-11H,3-8H2,1-2H3/t10-,11+/m1/s1. The molecule has 1 aliphatic carbocycles. The van der Waals surface area contributed by atoms with Crippen LogP contribution in [0.2, 0.25) is 0 Å². The molecule has 0 aromatic carbocycles. The molecule has 9 nitrogen and oxygen atoms in total. The Labute approximate surface area is 143 Å². The molecule has 2 aromatic heterocycles. The van der Waals surface area contributed by atoms with Crippen LogP contribution >= 0.6 is 0 Å². The van der Waals surface area contributed by atoms with E-state index in [1.165, 1.54) is 10.9 Å². The molecule has 0 spiro atoms. The Kier molecular flexibility index (Phi) is 3.75. The molecule has 1 aliphatic heterocycles. The normalized spacial score (nSPS) is 23.2. The van der Waals surface area contributed by atoms with Crippen molar-refractivity contribution in [3.05, 3.63) is 27.2 Å². The second-order valence-electron chi connectivity index (χ2n) is 6.76. The average Bonchev–Trinajstić information content (AvgIpc) is 3.22. The molecule has 3 heterocycles. The Morgan fingerprint density at radius 3 is 2.92 bits per heavy atom. The second-order valence-corrected chi connectivity index (χ2v) is 6.76. The van der Waals surface area contributed by atoms with Crippen molar-refractivity contribution in [3.63, 3.8) is 0 Å². The van der Waals surface area contributed by atoms with Gasteiger partial charge < -0.3 is 14.2 Å². The number of aromatic nitrogens is 4. The highest BCUT2D eigenvalue weighted by molar-refractivity contribution is 5.77. The van der Waals surface area contributed by atoms with Crippen molar-refractivity contribution >= 4 is 17.1 Å². The molecule has 9 heteroatoms. The van der Waals surface area contributed by atoms with Gasteiger partial charge in [-0.3, -0.25) is 14.2 Å². The smallest absolute Gasteiger partial charge is 0.332 e. The topological polar surface area (TPSA) is 91.4 Å². The first kappa shape index (κ1) is 16.1. The maximum Gasteiger partial charge on any atom is 0.332 e. The Morgan fingerprint density at radius 1 is 1.32 bits per heavy atom. The van der Waals surface area contributed by atoms with Crippen LogP contribution in [0.1, 0.15) is 19.3 Å². The third kappa shape index (κ3) is 2.41. The molecule has 0 unspecified atom stereocenters. The van der Waals surface area contributed by atoms with Crippen molar-refractivity contribution in [2.45, 2.75) is 38.0 Å². The lowest BCUT2D eigenvalue weighted by Crippen LogP contribution is -2.53. The number of hydrogen-bond donors (Lipinski definition) is 0. The van der Waals surface area contributed by atoms with E-state index >= 15 is 0 Å². The van der Waals surface area contributed by atoms with E-state index in [-0.39, 0.29) is 24.6 Å². The van der Waals surface area contributed by atoms with E-state index in [4.69, 9.17) is 4.74 Å². The monoisotopic (exact) mass is 347 g/mol. The maximum absolute atomic E-state index is 12.8. The van der Waals surface area contributed by atoms with E-state index in [9.17, 15) is 14.4 Å². The molecule has 2 aliphatic rings. The Balaban J connectivity index is 1.71. The number of rotatable bonds is 2. The Morgan fingerprint density at radius 2 is 2.12 bits per heavy atom. The summed E-state index contributed by atoms with van der Waals surface area (Å²) in [6, 6.07) is 0.0567. The van der Waals surface area contributed by atoms with Gasteiger partial charge in [0.15, 0.2) is 11.2 Å².